The zero-order valence-corrected chi connectivity index (χ0v) is 9.28. The minimum absolute atomic E-state index is 0.159. The molecule has 2 aliphatic rings. The van der Waals surface area contributed by atoms with Crippen molar-refractivity contribution in [1.82, 2.24) is 0 Å². The molecule has 0 amide bonds. The van der Waals surface area contributed by atoms with Crippen LogP contribution in [0.3, 0.4) is 0 Å². The van der Waals surface area contributed by atoms with Gasteiger partial charge < -0.3 is 0 Å². The van der Waals surface area contributed by atoms with E-state index in [1.807, 2.05) is 0 Å². The SMILES string of the molecule is C=C(CCCl)C12CCCC1CC(=O)C2. The topological polar surface area (TPSA) is 17.1 Å². The van der Waals surface area contributed by atoms with Crippen molar-refractivity contribution < 1.29 is 4.79 Å². The number of hydrogen-bond acceptors (Lipinski definition) is 1. The first kappa shape index (κ1) is 10.2. The molecule has 2 atom stereocenters. The molecular weight excluding hydrogens is 196 g/mol. The van der Waals surface area contributed by atoms with Gasteiger partial charge >= 0.3 is 0 Å². The largest absolute Gasteiger partial charge is 0.300 e. The molecule has 2 aliphatic carbocycles. The van der Waals surface area contributed by atoms with Crippen LogP contribution in [0.15, 0.2) is 12.2 Å². The number of rotatable bonds is 3. The highest BCUT2D eigenvalue weighted by atomic mass is 35.5. The van der Waals surface area contributed by atoms with Crippen molar-refractivity contribution in [3.05, 3.63) is 12.2 Å². The van der Waals surface area contributed by atoms with E-state index in [1.165, 1.54) is 24.8 Å². The molecule has 78 valence electrons. The van der Waals surface area contributed by atoms with Gasteiger partial charge in [0.25, 0.3) is 0 Å². The molecule has 2 fully saturated rings. The number of allylic oxidation sites excluding steroid dienone is 1. The average Bonchev–Trinajstić information content (AvgIpc) is 2.61. The first-order valence-electron chi connectivity index (χ1n) is 5.45. The van der Waals surface area contributed by atoms with Crippen molar-refractivity contribution in [3.63, 3.8) is 0 Å². The van der Waals surface area contributed by atoms with Crippen molar-refractivity contribution in [1.29, 1.82) is 0 Å². The highest BCUT2D eigenvalue weighted by Gasteiger charge is 2.50. The van der Waals surface area contributed by atoms with Crippen LogP contribution in [0.2, 0.25) is 0 Å². The molecule has 2 unspecified atom stereocenters. The third kappa shape index (κ3) is 1.42. The molecule has 0 N–H and O–H groups in total. The molecule has 0 aromatic heterocycles. The van der Waals surface area contributed by atoms with Crippen LogP contribution in [-0.4, -0.2) is 11.7 Å². The molecule has 0 saturated heterocycles. The molecule has 0 aromatic rings. The Morgan fingerprint density at radius 3 is 3.14 bits per heavy atom. The number of hydrogen-bond donors (Lipinski definition) is 0. The Hall–Kier alpha value is -0.300. The van der Waals surface area contributed by atoms with Crippen LogP contribution in [0.25, 0.3) is 0 Å². The maximum atomic E-state index is 11.5. The highest BCUT2D eigenvalue weighted by molar-refractivity contribution is 6.18. The molecule has 0 aliphatic heterocycles. The zero-order valence-electron chi connectivity index (χ0n) is 8.52. The number of fused-ring (bicyclic) bond motifs is 1. The predicted octanol–water partition coefficient (Wildman–Crippen LogP) is 3.32. The lowest BCUT2D eigenvalue weighted by molar-refractivity contribution is -0.118. The van der Waals surface area contributed by atoms with E-state index in [9.17, 15) is 4.79 Å². The molecule has 0 heterocycles. The molecule has 0 radical (unpaired) electrons. The summed E-state index contributed by atoms with van der Waals surface area (Å²) >= 11 is 5.75. The fraction of sp³-hybridized carbons (Fsp3) is 0.750. The Morgan fingerprint density at radius 1 is 1.64 bits per heavy atom. The zero-order chi connectivity index (χ0) is 10.2. The van der Waals surface area contributed by atoms with E-state index in [1.54, 1.807) is 0 Å². The van der Waals surface area contributed by atoms with Gasteiger partial charge in [-0.2, -0.15) is 0 Å². The van der Waals surface area contributed by atoms with Gasteiger partial charge in [0, 0.05) is 24.1 Å². The summed E-state index contributed by atoms with van der Waals surface area (Å²) in [6.45, 7) is 4.16. The Morgan fingerprint density at radius 2 is 2.43 bits per heavy atom. The standard InChI is InChI=1S/C12H17ClO/c1-9(4-6-13)12-5-2-3-10(12)7-11(14)8-12/h10H,1-8H2. The van der Waals surface area contributed by atoms with Crippen molar-refractivity contribution in [2.24, 2.45) is 11.3 Å². The van der Waals surface area contributed by atoms with Gasteiger partial charge in [-0.1, -0.05) is 18.6 Å². The molecule has 0 bridgehead atoms. The Labute approximate surface area is 90.5 Å². The first-order valence-corrected chi connectivity index (χ1v) is 5.98. The smallest absolute Gasteiger partial charge is 0.134 e. The van der Waals surface area contributed by atoms with E-state index in [4.69, 9.17) is 11.6 Å². The van der Waals surface area contributed by atoms with Crippen LogP contribution in [0, 0.1) is 11.3 Å². The van der Waals surface area contributed by atoms with Gasteiger partial charge in [0.2, 0.25) is 0 Å². The number of halogens is 1. The van der Waals surface area contributed by atoms with Crippen molar-refractivity contribution in [2.45, 2.75) is 38.5 Å². The second-order valence-electron chi connectivity index (χ2n) is 4.71. The van der Waals surface area contributed by atoms with Crippen LogP contribution >= 0.6 is 11.6 Å². The van der Waals surface area contributed by atoms with Gasteiger partial charge in [-0.3, -0.25) is 4.79 Å². The fourth-order valence-corrected chi connectivity index (χ4v) is 3.55. The first-order chi connectivity index (χ1) is 6.69. The van der Waals surface area contributed by atoms with Gasteiger partial charge in [0.05, 0.1) is 0 Å². The second kappa shape index (κ2) is 3.69. The van der Waals surface area contributed by atoms with Crippen LogP contribution in [0.5, 0.6) is 0 Å². The maximum Gasteiger partial charge on any atom is 0.134 e. The summed E-state index contributed by atoms with van der Waals surface area (Å²) in [5.74, 6) is 1.66. The molecule has 0 spiro atoms. The van der Waals surface area contributed by atoms with E-state index in [-0.39, 0.29) is 5.41 Å². The molecule has 2 rings (SSSR count). The lowest BCUT2D eigenvalue weighted by Crippen LogP contribution is -2.22. The molecule has 14 heavy (non-hydrogen) atoms. The van der Waals surface area contributed by atoms with E-state index in [0.29, 0.717) is 17.6 Å². The summed E-state index contributed by atoms with van der Waals surface area (Å²) in [5.41, 5.74) is 1.40. The predicted molar refractivity (Wildman–Crippen MR) is 58.5 cm³/mol. The van der Waals surface area contributed by atoms with Crippen LogP contribution in [0.4, 0.5) is 0 Å². The summed E-state index contributed by atoms with van der Waals surface area (Å²) < 4.78 is 0. The van der Waals surface area contributed by atoms with E-state index >= 15 is 0 Å². The summed E-state index contributed by atoms with van der Waals surface area (Å²) in [5, 5.41) is 0. The minimum Gasteiger partial charge on any atom is -0.300 e. The number of carbonyl (C=O) groups is 1. The van der Waals surface area contributed by atoms with E-state index in [2.05, 4.69) is 6.58 Å². The highest BCUT2D eigenvalue weighted by Crippen LogP contribution is 2.57. The second-order valence-corrected chi connectivity index (χ2v) is 5.09. The van der Waals surface area contributed by atoms with Gasteiger partial charge in [0.15, 0.2) is 0 Å². The molecule has 2 saturated carbocycles. The Bertz CT molecular complexity index is 271. The number of alkyl halides is 1. The fourth-order valence-electron chi connectivity index (χ4n) is 3.33. The molecule has 0 aromatic carbocycles. The average molecular weight is 213 g/mol. The van der Waals surface area contributed by atoms with Crippen molar-refractivity contribution >= 4 is 17.4 Å². The normalized spacial score (nSPS) is 36.1. The van der Waals surface area contributed by atoms with Gasteiger partial charge in [-0.25, -0.2) is 0 Å². The lowest BCUT2D eigenvalue weighted by atomic mass is 9.73. The lowest BCUT2D eigenvalue weighted by Gasteiger charge is -2.30. The van der Waals surface area contributed by atoms with Crippen LogP contribution in [-0.2, 0) is 4.79 Å². The Balaban J connectivity index is 2.19. The Kier molecular flexibility index (Phi) is 2.70. The molecular formula is C12H17ClO. The molecule has 2 heteroatoms. The monoisotopic (exact) mass is 212 g/mol. The summed E-state index contributed by atoms with van der Waals surface area (Å²) in [6, 6.07) is 0. The van der Waals surface area contributed by atoms with Gasteiger partial charge in [-0.05, 0) is 25.2 Å². The number of Topliss-reactive ketones (excluding diaryl/α,β-unsaturated/α-hetero) is 1. The molecule has 1 nitrogen and oxygen atoms in total. The van der Waals surface area contributed by atoms with Crippen molar-refractivity contribution in [2.75, 3.05) is 5.88 Å². The van der Waals surface area contributed by atoms with Crippen molar-refractivity contribution in [3.8, 4) is 0 Å². The number of ketones is 1. The summed E-state index contributed by atoms with van der Waals surface area (Å²) in [6.07, 6.45) is 6.06. The number of carbonyl (C=O) groups excluding carboxylic acids is 1. The van der Waals surface area contributed by atoms with Crippen LogP contribution in [0.1, 0.15) is 38.5 Å². The third-order valence-electron chi connectivity index (χ3n) is 4.04. The van der Waals surface area contributed by atoms with Gasteiger partial charge in [0.1, 0.15) is 5.78 Å². The van der Waals surface area contributed by atoms with Crippen LogP contribution < -0.4 is 0 Å². The quantitative estimate of drug-likeness (QED) is 0.518. The summed E-state index contributed by atoms with van der Waals surface area (Å²) in [7, 11) is 0. The third-order valence-corrected chi connectivity index (χ3v) is 4.23. The van der Waals surface area contributed by atoms with Gasteiger partial charge in [-0.15, -0.1) is 11.6 Å². The minimum atomic E-state index is 0.159. The van der Waals surface area contributed by atoms with E-state index in [0.717, 1.165) is 19.3 Å². The maximum absolute atomic E-state index is 11.5. The van der Waals surface area contributed by atoms with E-state index < -0.39 is 0 Å². The summed E-state index contributed by atoms with van der Waals surface area (Å²) in [4.78, 5) is 11.5.